The standard InChI is InChI=1S/C28BF28.C18H22IO4/c30-9-1(25(46,47)48)5(13(34)21(42)17(9)38)29(6-2(26(49,50)51)10(31)18(39)22(43)14(6)35,7-3(27(52,53)54)11(32)19(40)23(44)15(7)36)8-4(28(55,56)57)12(33)20(41)24(45)16(8)37;1-20-11-13-22-17-9-5-3-7-15(17)19-16-8-4-6-10-18(16)23-14-12-21-2/h;3-10H,11-14H2,1-2H3/q-1;+1. The van der Waals surface area contributed by atoms with Gasteiger partial charge in [0.2, 0.25) is 7.14 Å². The van der Waals surface area contributed by atoms with Crippen molar-refractivity contribution in [1.82, 2.24) is 0 Å². The van der Waals surface area contributed by atoms with E-state index in [2.05, 4.69) is 12.1 Å². The molecule has 6 aromatic carbocycles. The number of hydrogen-bond acceptors (Lipinski definition) is 4. The van der Waals surface area contributed by atoms with Crippen molar-refractivity contribution in [2.24, 2.45) is 0 Å². The molecule has 6 aromatic rings. The van der Waals surface area contributed by atoms with Gasteiger partial charge in [-0.15, -0.1) is 21.9 Å². The van der Waals surface area contributed by atoms with E-state index in [1.807, 2.05) is 36.4 Å². The molecule has 0 aliphatic heterocycles. The first-order valence-electron chi connectivity index (χ1n) is 20.9. The van der Waals surface area contributed by atoms with Crippen LogP contribution < -0.4 is 52.5 Å². The number of methoxy groups -OCH3 is 2. The Morgan fingerprint density at radius 1 is 0.312 bits per heavy atom. The van der Waals surface area contributed by atoms with Crippen LogP contribution in [-0.2, 0) is 34.2 Å². The summed E-state index contributed by atoms with van der Waals surface area (Å²) in [5.41, 5.74) is -38.1. The first-order valence-corrected chi connectivity index (χ1v) is 23.0. The molecule has 0 spiro atoms. The fourth-order valence-electron chi connectivity index (χ4n) is 8.05. The van der Waals surface area contributed by atoms with Gasteiger partial charge >= 0.3 is 45.9 Å². The molecule has 6 rings (SSSR count). The highest BCUT2D eigenvalue weighted by molar-refractivity contribution is 7.20. The molecular weight excluding hydrogens is 1290 g/mol. The van der Waals surface area contributed by atoms with Gasteiger partial charge in [-0.25, -0.2) is 70.2 Å². The van der Waals surface area contributed by atoms with E-state index in [4.69, 9.17) is 18.9 Å². The van der Waals surface area contributed by atoms with Gasteiger partial charge in [-0.2, -0.15) is 52.7 Å². The van der Waals surface area contributed by atoms with E-state index in [9.17, 15) is 87.8 Å². The predicted octanol–water partition coefficient (Wildman–Crippen LogP) is 9.23. The van der Waals surface area contributed by atoms with E-state index in [0.29, 0.717) is 26.4 Å². The number of hydrogen-bond donors (Lipinski definition) is 0. The van der Waals surface area contributed by atoms with Gasteiger partial charge in [0.1, 0.15) is 42.6 Å². The molecule has 436 valence electrons. The Hall–Kier alpha value is -6.33. The highest BCUT2D eigenvalue weighted by Crippen LogP contribution is 2.44. The lowest BCUT2D eigenvalue weighted by molar-refractivity contribution is -0.599. The average Bonchev–Trinajstić information content (AvgIpc) is 3.36. The minimum atomic E-state index is -8.89. The predicted molar refractivity (Wildman–Crippen MR) is 214 cm³/mol. The quantitative estimate of drug-likeness (QED) is 0.0273. The Morgan fingerprint density at radius 3 is 0.738 bits per heavy atom. The third kappa shape index (κ3) is 11.9. The van der Waals surface area contributed by atoms with E-state index in [-0.39, 0.29) is 0 Å². The first-order chi connectivity index (χ1) is 36.9. The maximum absolute atomic E-state index is 16.0. The number of ether oxygens (including phenoxy) is 4. The van der Waals surface area contributed by atoms with E-state index in [1.165, 1.54) is 7.14 Å². The van der Waals surface area contributed by atoms with Gasteiger partial charge in [-0.3, -0.25) is 0 Å². The molecular formula is C46H22BF28IO4. The van der Waals surface area contributed by atoms with Crippen LogP contribution in [0.1, 0.15) is 22.3 Å². The zero-order valence-corrected chi connectivity index (χ0v) is 40.8. The number of alkyl halides is 12. The number of para-hydroxylation sites is 2. The van der Waals surface area contributed by atoms with Crippen LogP contribution in [0.4, 0.5) is 123 Å². The summed E-state index contributed by atoms with van der Waals surface area (Å²) in [6.07, 6.45) is -39.5. The van der Waals surface area contributed by atoms with Crippen molar-refractivity contribution in [3.8, 4) is 11.5 Å². The van der Waals surface area contributed by atoms with Gasteiger partial charge in [0.15, 0.2) is 81.3 Å². The Kier molecular flexibility index (Phi) is 19.4. The molecule has 0 fully saturated rings. The van der Waals surface area contributed by atoms with Gasteiger partial charge in [0.25, 0.3) is 0 Å². The summed E-state index contributed by atoms with van der Waals surface area (Å²) >= 11 is -0.391. The molecule has 0 aromatic heterocycles. The van der Waals surface area contributed by atoms with Crippen LogP contribution in [0.3, 0.4) is 0 Å². The number of halogens is 29. The summed E-state index contributed by atoms with van der Waals surface area (Å²) in [7, 11) is 3.35. The molecule has 80 heavy (non-hydrogen) atoms. The molecule has 4 nitrogen and oxygen atoms in total. The topological polar surface area (TPSA) is 36.9 Å². The zero-order valence-electron chi connectivity index (χ0n) is 38.6. The Balaban J connectivity index is 0.000000424. The number of rotatable bonds is 14. The molecule has 34 heteroatoms. The largest absolute Gasteiger partial charge is 0.486 e. The maximum atomic E-state index is 16.0. The molecule has 0 saturated carbocycles. The van der Waals surface area contributed by atoms with Gasteiger partial charge < -0.3 is 18.9 Å². The lowest BCUT2D eigenvalue weighted by Crippen LogP contribution is -3.61. The summed E-state index contributed by atoms with van der Waals surface area (Å²) in [6, 6.07) is 16.4. The molecule has 0 unspecified atom stereocenters. The molecule has 0 amide bonds. The normalized spacial score (nSPS) is 12.5. The van der Waals surface area contributed by atoms with Crippen LogP contribution >= 0.6 is 0 Å². The smallest absolute Gasteiger partial charge is 0.416 e. The van der Waals surface area contributed by atoms with Crippen LogP contribution in [0.15, 0.2) is 48.5 Å². The van der Waals surface area contributed by atoms with E-state index in [0.717, 1.165) is 11.5 Å². The van der Waals surface area contributed by atoms with E-state index in [1.54, 1.807) is 14.2 Å². The van der Waals surface area contributed by atoms with Crippen molar-refractivity contribution in [1.29, 1.82) is 0 Å². The molecule has 0 aliphatic carbocycles. The molecule has 0 heterocycles. The highest BCUT2D eigenvalue weighted by atomic mass is 127. The Morgan fingerprint density at radius 2 is 0.525 bits per heavy atom. The minimum Gasteiger partial charge on any atom is -0.486 e. The Bertz CT molecular complexity index is 2940. The maximum Gasteiger partial charge on any atom is 0.416 e. The average molecular weight is 1310 g/mol. The molecule has 0 saturated heterocycles. The second-order valence-electron chi connectivity index (χ2n) is 15.7. The van der Waals surface area contributed by atoms with Crippen molar-refractivity contribution in [3.63, 3.8) is 0 Å². The minimum absolute atomic E-state index is 0.391. The van der Waals surface area contributed by atoms with Crippen LogP contribution in [0.2, 0.25) is 0 Å². The number of benzene rings is 6. The molecule has 0 bridgehead atoms. The van der Waals surface area contributed by atoms with Crippen molar-refractivity contribution in [3.05, 3.63) is 171 Å². The molecule has 0 radical (unpaired) electrons. The first kappa shape index (κ1) is 64.5. The summed E-state index contributed by atoms with van der Waals surface area (Å²) in [5, 5.41) is 0. The summed E-state index contributed by atoms with van der Waals surface area (Å²) < 4.78 is 442. The molecule has 0 aliphatic rings. The third-order valence-corrected chi connectivity index (χ3v) is 14.0. The van der Waals surface area contributed by atoms with Crippen molar-refractivity contribution < 1.29 is 163 Å². The van der Waals surface area contributed by atoms with Gasteiger partial charge in [-0.05, 0) is 24.3 Å². The monoisotopic (exact) mass is 1310 g/mol. The summed E-state index contributed by atoms with van der Waals surface area (Å²) in [6.45, 7) is 2.29. The fraction of sp³-hybridized carbons (Fsp3) is 0.217. The van der Waals surface area contributed by atoms with Crippen molar-refractivity contribution in [2.75, 3.05) is 40.6 Å². The zero-order chi connectivity index (χ0) is 60.7. The second-order valence-corrected chi connectivity index (χ2v) is 18.5. The fourth-order valence-corrected chi connectivity index (χ4v) is 10.7. The van der Waals surface area contributed by atoms with Gasteiger partial charge in [0, 0.05) is 14.2 Å². The van der Waals surface area contributed by atoms with Gasteiger partial charge in [-0.1, -0.05) is 24.3 Å². The van der Waals surface area contributed by atoms with E-state index < -0.39 is 189 Å². The SMILES string of the molecule is COCCOc1ccccc1[I+]c1ccccc1OCCOC.Fc1c(F)c(F)c(C(F)(F)F)c([B-](c2c(F)c(F)c(F)c(F)c2C(F)(F)F)(c2c(F)c(F)c(F)c(F)c2C(F)(F)F)c2c(F)c(F)c(F)c(F)c2C(F)(F)F)c1F. The second kappa shape index (κ2) is 24.0. The van der Waals surface area contributed by atoms with Crippen LogP contribution in [0, 0.1) is 100 Å². The highest BCUT2D eigenvalue weighted by Gasteiger charge is 2.60. The van der Waals surface area contributed by atoms with Gasteiger partial charge in [0.05, 0.1) is 35.5 Å². The third-order valence-electron chi connectivity index (χ3n) is 11.0. The van der Waals surface area contributed by atoms with Crippen LogP contribution in [0.25, 0.3) is 0 Å². The Labute approximate surface area is 438 Å². The molecule has 0 atom stereocenters. The van der Waals surface area contributed by atoms with Crippen LogP contribution in [-0.4, -0.2) is 46.8 Å². The lowest BCUT2D eigenvalue weighted by atomic mass is 9.11. The van der Waals surface area contributed by atoms with Crippen molar-refractivity contribution in [2.45, 2.75) is 24.7 Å². The van der Waals surface area contributed by atoms with Crippen LogP contribution in [0.5, 0.6) is 11.5 Å². The summed E-state index contributed by atoms with van der Waals surface area (Å²) in [4.78, 5) is 0. The molecule has 0 N–H and O–H groups in total. The van der Waals surface area contributed by atoms with E-state index >= 15 is 35.1 Å². The lowest BCUT2D eigenvalue weighted by Gasteiger charge is -2.49. The summed E-state index contributed by atoms with van der Waals surface area (Å²) in [5.74, 6) is -67.9. The van der Waals surface area contributed by atoms with Crippen molar-refractivity contribution >= 4 is 28.0 Å².